The molecule has 2 rings (SSSR count). The third-order valence-electron chi connectivity index (χ3n) is 4.48. The summed E-state index contributed by atoms with van der Waals surface area (Å²) in [7, 11) is 0. The fourth-order valence-electron chi connectivity index (χ4n) is 3.45. The zero-order chi connectivity index (χ0) is 12.6. The van der Waals surface area contributed by atoms with E-state index in [1.54, 1.807) is 0 Å². The summed E-state index contributed by atoms with van der Waals surface area (Å²) >= 11 is 0. The number of carbonyl (C=O) groups excluding carboxylic acids is 1. The molecule has 4 atom stereocenters. The zero-order valence-electron chi connectivity index (χ0n) is 11.6. The van der Waals surface area contributed by atoms with Gasteiger partial charge in [0.05, 0.1) is 12.7 Å². The summed E-state index contributed by atoms with van der Waals surface area (Å²) in [6, 6.07) is 0.511. The number of nitrogens with one attached hydrogen (secondary N) is 1. The summed E-state index contributed by atoms with van der Waals surface area (Å²) < 4.78 is 0. The van der Waals surface area contributed by atoms with Crippen molar-refractivity contribution in [1.29, 1.82) is 0 Å². The molecule has 3 heteroatoms. The molecule has 3 nitrogen and oxygen atoms in total. The van der Waals surface area contributed by atoms with Gasteiger partial charge in [-0.2, -0.15) is 0 Å². The second-order valence-electron chi connectivity index (χ2n) is 6.35. The normalized spacial score (nSPS) is 39.1. The summed E-state index contributed by atoms with van der Waals surface area (Å²) in [4.78, 5) is 14.4. The lowest BCUT2D eigenvalue weighted by Gasteiger charge is -2.38. The molecule has 1 aliphatic heterocycles. The van der Waals surface area contributed by atoms with E-state index in [0.29, 0.717) is 23.8 Å². The molecule has 17 heavy (non-hydrogen) atoms. The van der Waals surface area contributed by atoms with Crippen LogP contribution in [0.15, 0.2) is 0 Å². The van der Waals surface area contributed by atoms with E-state index in [0.717, 1.165) is 12.6 Å². The van der Waals surface area contributed by atoms with Crippen molar-refractivity contribution in [2.24, 2.45) is 17.8 Å². The predicted molar refractivity (Wildman–Crippen MR) is 69.4 cm³/mol. The van der Waals surface area contributed by atoms with Gasteiger partial charge in [-0.05, 0) is 37.0 Å². The molecular formula is C14H26N2O. The average molecular weight is 238 g/mol. The van der Waals surface area contributed by atoms with Gasteiger partial charge in [0.1, 0.15) is 0 Å². The Kier molecular flexibility index (Phi) is 3.76. The number of carbonyl (C=O) groups is 1. The molecule has 1 aliphatic carbocycles. The molecular weight excluding hydrogens is 212 g/mol. The van der Waals surface area contributed by atoms with Crippen LogP contribution in [0.25, 0.3) is 0 Å². The van der Waals surface area contributed by atoms with E-state index in [4.69, 9.17) is 0 Å². The van der Waals surface area contributed by atoms with Crippen LogP contribution in [-0.4, -0.2) is 29.6 Å². The molecule has 0 spiro atoms. The highest BCUT2D eigenvalue weighted by Crippen LogP contribution is 2.33. The van der Waals surface area contributed by atoms with Crippen LogP contribution in [0.1, 0.15) is 47.0 Å². The van der Waals surface area contributed by atoms with Crippen molar-refractivity contribution in [1.82, 2.24) is 10.2 Å². The molecule has 1 saturated heterocycles. The Morgan fingerprint density at radius 3 is 2.53 bits per heavy atom. The van der Waals surface area contributed by atoms with E-state index >= 15 is 0 Å². The van der Waals surface area contributed by atoms with Gasteiger partial charge >= 0.3 is 0 Å². The van der Waals surface area contributed by atoms with Gasteiger partial charge in [-0.15, -0.1) is 0 Å². The van der Waals surface area contributed by atoms with Crippen molar-refractivity contribution in [3.8, 4) is 0 Å². The zero-order valence-corrected chi connectivity index (χ0v) is 11.6. The monoisotopic (exact) mass is 238 g/mol. The molecule has 98 valence electrons. The van der Waals surface area contributed by atoms with Gasteiger partial charge in [0.15, 0.2) is 0 Å². The first-order valence-electron chi connectivity index (χ1n) is 7.04. The van der Waals surface area contributed by atoms with E-state index in [9.17, 15) is 4.79 Å². The van der Waals surface area contributed by atoms with Gasteiger partial charge < -0.3 is 4.90 Å². The van der Waals surface area contributed by atoms with E-state index in [-0.39, 0.29) is 6.04 Å². The van der Waals surface area contributed by atoms with Crippen LogP contribution in [0, 0.1) is 17.8 Å². The molecule has 0 aromatic rings. The lowest BCUT2D eigenvalue weighted by atomic mass is 9.79. The third-order valence-corrected chi connectivity index (χ3v) is 4.48. The number of amides is 1. The minimum Gasteiger partial charge on any atom is -0.325 e. The molecule has 2 aliphatic rings. The Morgan fingerprint density at radius 1 is 1.29 bits per heavy atom. The van der Waals surface area contributed by atoms with Crippen LogP contribution in [0.4, 0.5) is 0 Å². The summed E-state index contributed by atoms with van der Waals surface area (Å²) in [5, 5.41) is 3.36. The lowest BCUT2D eigenvalue weighted by Crippen LogP contribution is -2.45. The Bertz CT molecular complexity index is 290. The van der Waals surface area contributed by atoms with Crippen LogP contribution in [0.2, 0.25) is 0 Å². The second kappa shape index (κ2) is 4.97. The molecule has 0 radical (unpaired) electrons. The summed E-state index contributed by atoms with van der Waals surface area (Å²) in [5.41, 5.74) is 0. The first kappa shape index (κ1) is 12.9. The largest absolute Gasteiger partial charge is 0.325 e. The van der Waals surface area contributed by atoms with Gasteiger partial charge in [-0.3, -0.25) is 10.1 Å². The Hall–Kier alpha value is -0.570. The van der Waals surface area contributed by atoms with Gasteiger partial charge in [0.25, 0.3) is 0 Å². The van der Waals surface area contributed by atoms with E-state index in [1.807, 2.05) is 0 Å². The van der Waals surface area contributed by atoms with Crippen LogP contribution in [-0.2, 0) is 4.79 Å². The average Bonchev–Trinajstić information content (AvgIpc) is 2.60. The second-order valence-corrected chi connectivity index (χ2v) is 6.35. The molecule has 1 saturated carbocycles. The van der Waals surface area contributed by atoms with Gasteiger partial charge in [-0.25, -0.2) is 0 Å². The van der Waals surface area contributed by atoms with E-state index < -0.39 is 0 Å². The Morgan fingerprint density at radius 2 is 2.00 bits per heavy atom. The molecule has 1 heterocycles. The summed E-state index contributed by atoms with van der Waals surface area (Å²) in [5.74, 6) is 2.19. The third kappa shape index (κ3) is 2.49. The van der Waals surface area contributed by atoms with Gasteiger partial charge in [0, 0.05) is 6.04 Å². The number of rotatable bonds is 2. The minimum atomic E-state index is 0.0431. The van der Waals surface area contributed by atoms with Crippen molar-refractivity contribution >= 4 is 5.91 Å². The van der Waals surface area contributed by atoms with Crippen molar-refractivity contribution in [3.63, 3.8) is 0 Å². The number of hydrogen-bond donors (Lipinski definition) is 1. The predicted octanol–water partition coefficient (Wildman–Crippen LogP) is 2.22. The Balaban J connectivity index is 2.02. The van der Waals surface area contributed by atoms with Crippen molar-refractivity contribution in [2.75, 3.05) is 6.67 Å². The fourth-order valence-corrected chi connectivity index (χ4v) is 3.45. The van der Waals surface area contributed by atoms with Crippen molar-refractivity contribution < 1.29 is 4.79 Å². The maximum absolute atomic E-state index is 12.3. The molecule has 0 bridgehead atoms. The SMILES string of the molecule is CC1CCC(N2CNC(C(C)C)C2=O)C(C)C1. The fraction of sp³-hybridized carbons (Fsp3) is 0.929. The standard InChI is InChI=1S/C14H26N2O/c1-9(2)13-14(17)16(8-15-13)12-6-5-10(3)7-11(12)4/h9-13,15H,5-8H2,1-4H3. The number of nitrogens with zero attached hydrogens (tertiary/aromatic N) is 1. The number of hydrogen-bond acceptors (Lipinski definition) is 2. The van der Waals surface area contributed by atoms with Gasteiger partial charge in [-0.1, -0.05) is 27.7 Å². The van der Waals surface area contributed by atoms with Crippen molar-refractivity contribution in [3.05, 3.63) is 0 Å². The molecule has 1 amide bonds. The highest BCUT2D eigenvalue weighted by atomic mass is 16.2. The van der Waals surface area contributed by atoms with Crippen LogP contribution < -0.4 is 5.32 Å². The smallest absolute Gasteiger partial charge is 0.241 e. The molecule has 2 fully saturated rings. The van der Waals surface area contributed by atoms with Crippen LogP contribution in [0.5, 0.6) is 0 Å². The topological polar surface area (TPSA) is 32.3 Å². The summed E-state index contributed by atoms with van der Waals surface area (Å²) in [6.45, 7) is 9.62. The molecule has 0 aromatic heterocycles. The molecule has 4 unspecified atom stereocenters. The maximum Gasteiger partial charge on any atom is 0.241 e. The minimum absolute atomic E-state index is 0.0431. The maximum atomic E-state index is 12.3. The lowest BCUT2D eigenvalue weighted by molar-refractivity contribution is -0.133. The highest BCUT2D eigenvalue weighted by molar-refractivity contribution is 5.84. The van der Waals surface area contributed by atoms with Crippen LogP contribution in [0.3, 0.4) is 0 Å². The first-order valence-corrected chi connectivity index (χ1v) is 7.04. The van der Waals surface area contributed by atoms with Gasteiger partial charge in [0.2, 0.25) is 5.91 Å². The Labute approximate surface area is 105 Å². The first-order chi connectivity index (χ1) is 8.00. The highest BCUT2D eigenvalue weighted by Gasteiger charge is 2.40. The molecule has 1 N–H and O–H groups in total. The van der Waals surface area contributed by atoms with E-state index in [1.165, 1.54) is 19.3 Å². The molecule has 0 aromatic carbocycles. The van der Waals surface area contributed by atoms with Crippen molar-refractivity contribution in [2.45, 2.75) is 59.0 Å². The quantitative estimate of drug-likeness (QED) is 0.800. The van der Waals surface area contributed by atoms with E-state index in [2.05, 4.69) is 37.9 Å². The summed E-state index contributed by atoms with van der Waals surface area (Å²) in [6.07, 6.45) is 3.71. The van der Waals surface area contributed by atoms with Crippen LogP contribution >= 0.6 is 0 Å².